The summed E-state index contributed by atoms with van der Waals surface area (Å²) in [6.45, 7) is 8.40. The summed E-state index contributed by atoms with van der Waals surface area (Å²) >= 11 is 6.32. The van der Waals surface area contributed by atoms with E-state index in [1.54, 1.807) is 0 Å². The molecule has 1 fully saturated rings. The zero-order chi connectivity index (χ0) is 17.3. The fraction of sp³-hybridized carbons (Fsp3) is 0.474. The molecule has 1 aliphatic heterocycles. The molecule has 0 radical (unpaired) electrons. The molecule has 3 rings (SSSR count). The molecule has 1 amide bonds. The Morgan fingerprint density at radius 2 is 2.12 bits per heavy atom. The topological polar surface area (TPSA) is 38.1 Å². The molecule has 1 saturated heterocycles. The van der Waals surface area contributed by atoms with Gasteiger partial charge < -0.3 is 4.90 Å². The lowest BCUT2D eigenvalue weighted by atomic mass is 9.98. The van der Waals surface area contributed by atoms with Crippen LogP contribution in [0.3, 0.4) is 0 Å². The van der Waals surface area contributed by atoms with E-state index in [2.05, 4.69) is 25.0 Å². The standard InChI is InChI=1S/C19H24ClN3O/c1-4-23-18(11-17(21-23)13(2)3)19(24)22-10-9-14(12-22)15-7-5-6-8-16(15)20/h5-8,11,13-14H,4,9-10,12H2,1-3H3/t14-/m1/s1. The first-order valence-corrected chi connectivity index (χ1v) is 9.00. The molecule has 24 heavy (non-hydrogen) atoms. The van der Waals surface area contributed by atoms with E-state index in [0.29, 0.717) is 30.6 Å². The number of aryl methyl sites for hydroxylation is 1. The molecule has 0 aliphatic carbocycles. The van der Waals surface area contributed by atoms with Crippen LogP contribution in [0.1, 0.15) is 60.8 Å². The van der Waals surface area contributed by atoms with E-state index in [9.17, 15) is 4.79 Å². The number of aromatic nitrogens is 2. The minimum absolute atomic E-state index is 0.0748. The molecule has 1 atom stereocenters. The first-order chi connectivity index (χ1) is 11.5. The number of rotatable bonds is 4. The largest absolute Gasteiger partial charge is 0.337 e. The highest BCUT2D eigenvalue weighted by molar-refractivity contribution is 6.31. The lowest BCUT2D eigenvalue weighted by molar-refractivity contribution is 0.0778. The van der Waals surface area contributed by atoms with Gasteiger partial charge in [0.25, 0.3) is 5.91 Å². The fourth-order valence-corrected chi connectivity index (χ4v) is 3.59. The Kier molecular flexibility index (Phi) is 4.95. The van der Waals surface area contributed by atoms with Crippen molar-refractivity contribution in [1.82, 2.24) is 14.7 Å². The van der Waals surface area contributed by atoms with Crippen molar-refractivity contribution < 1.29 is 4.79 Å². The van der Waals surface area contributed by atoms with E-state index in [1.807, 2.05) is 40.8 Å². The Labute approximate surface area is 148 Å². The van der Waals surface area contributed by atoms with E-state index in [4.69, 9.17) is 11.6 Å². The minimum atomic E-state index is 0.0748. The second-order valence-electron chi connectivity index (χ2n) is 6.68. The number of halogens is 1. The number of hydrogen-bond donors (Lipinski definition) is 0. The summed E-state index contributed by atoms with van der Waals surface area (Å²) in [7, 11) is 0. The van der Waals surface area contributed by atoms with Crippen LogP contribution in [0.25, 0.3) is 0 Å². The summed E-state index contributed by atoms with van der Waals surface area (Å²) in [5, 5.41) is 5.35. The maximum Gasteiger partial charge on any atom is 0.272 e. The predicted octanol–water partition coefficient (Wildman–Crippen LogP) is 4.31. The van der Waals surface area contributed by atoms with Crippen LogP contribution in [0.4, 0.5) is 0 Å². The second-order valence-corrected chi connectivity index (χ2v) is 7.09. The Bertz CT molecular complexity index is 738. The van der Waals surface area contributed by atoms with Gasteiger partial charge in [0.15, 0.2) is 0 Å². The lowest BCUT2D eigenvalue weighted by Crippen LogP contribution is -2.30. The van der Waals surface area contributed by atoms with E-state index in [-0.39, 0.29) is 5.91 Å². The predicted molar refractivity (Wildman–Crippen MR) is 96.7 cm³/mol. The molecule has 0 spiro atoms. The minimum Gasteiger partial charge on any atom is -0.337 e. The fourth-order valence-electron chi connectivity index (χ4n) is 3.30. The van der Waals surface area contributed by atoms with Crippen LogP contribution in [0, 0.1) is 0 Å². The zero-order valence-electron chi connectivity index (χ0n) is 14.5. The third-order valence-electron chi connectivity index (χ3n) is 4.73. The van der Waals surface area contributed by atoms with Gasteiger partial charge in [-0.1, -0.05) is 43.6 Å². The first kappa shape index (κ1) is 17.0. The van der Waals surface area contributed by atoms with Gasteiger partial charge in [0, 0.05) is 30.6 Å². The summed E-state index contributed by atoms with van der Waals surface area (Å²) in [6, 6.07) is 9.87. The van der Waals surface area contributed by atoms with Gasteiger partial charge in [-0.3, -0.25) is 9.48 Å². The molecular formula is C19H24ClN3O. The van der Waals surface area contributed by atoms with Crippen molar-refractivity contribution in [2.24, 2.45) is 0 Å². The van der Waals surface area contributed by atoms with Gasteiger partial charge in [-0.15, -0.1) is 0 Å². The molecule has 5 heteroatoms. The Morgan fingerprint density at radius 1 is 1.38 bits per heavy atom. The van der Waals surface area contributed by atoms with Crippen LogP contribution >= 0.6 is 11.6 Å². The van der Waals surface area contributed by atoms with Crippen molar-refractivity contribution in [3.05, 3.63) is 52.3 Å². The van der Waals surface area contributed by atoms with Crippen molar-refractivity contribution in [2.75, 3.05) is 13.1 Å². The third kappa shape index (κ3) is 3.20. The molecule has 0 saturated carbocycles. The van der Waals surface area contributed by atoms with Crippen LogP contribution in [-0.4, -0.2) is 33.7 Å². The SMILES string of the molecule is CCn1nc(C(C)C)cc1C(=O)N1CC[C@@H](c2ccccc2Cl)C1. The Morgan fingerprint density at radius 3 is 2.79 bits per heavy atom. The number of benzene rings is 1. The molecule has 128 valence electrons. The molecule has 1 aromatic carbocycles. The number of amides is 1. The number of carbonyl (C=O) groups is 1. The van der Waals surface area contributed by atoms with Crippen LogP contribution in [0.5, 0.6) is 0 Å². The quantitative estimate of drug-likeness (QED) is 0.828. The van der Waals surface area contributed by atoms with Crippen molar-refractivity contribution in [1.29, 1.82) is 0 Å². The summed E-state index contributed by atoms with van der Waals surface area (Å²) in [5.74, 6) is 0.704. The van der Waals surface area contributed by atoms with Gasteiger partial charge in [-0.05, 0) is 37.0 Å². The average molecular weight is 346 g/mol. The molecule has 1 aromatic heterocycles. The first-order valence-electron chi connectivity index (χ1n) is 8.62. The second kappa shape index (κ2) is 6.98. The maximum absolute atomic E-state index is 13.0. The molecule has 0 unspecified atom stereocenters. The smallest absolute Gasteiger partial charge is 0.272 e. The number of carbonyl (C=O) groups excluding carboxylic acids is 1. The van der Waals surface area contributed by atoms with Gasteiger partial charge in [0.1, 0.15) is 5.69 Å². The maximum atomic E-state index is 13.0. The highest BCUT2D eigenvalue weighted by atomic mass is 35.5. The normalized spacial score (nSPS) is 17.7. The highest BCUT2D eigenvalue weighted by Crippen LogP contribution is 2.32. The van der Waals surface area contributed by atoms with Gasteiger partial charge in [0.05, 0.1) is 5.69 Å². The molecule has 1 aliphatic rings. The van der Waals surface area contributed by atoms with E-state index >= 15 is 0 Å². The molecule has 2 heterocycles. The van der Waals surface area contributed by atoms with Crippen LogP contribution in [-0.2, 0) is 6.54 Å². The number of hydrogen-bond acceptors (Lipinski definition) is 2. The van der Waals surface area contributed by atoms with Crippen molar-refractivity contribution in [3.63, 3.8) is 0 Å². The third-order valence-corrected chi connectivity index (χ3v) is 5.07. The van der Waals surface area contributed by atoms with E-state index in [0.717, 1.165) is 29.2 Å². The monoisotopic (exact) mass is 345 g/mol. The molecule has 0 bridgehead atoms. The van der Waals surface area contributed by atoms with Gasteiger partial charge in [-0.2, -0.15) is 5.10 Å². The van der Waals surface area contributed by atoms with Gasteiger partial charge >= 0.3 is 0 Å². The van der Waals surface area contributed by atoms with Crippen LogP contribution < -0.4 is 0 Å². The average Bonchev–Trinajstić information content (AvgIpc) is 3.21. The Hall–Kier alpha value is -1.81. The zero-order valence-corrected chi connectivity index (χ0v) is 15.3. The van der Waals surface area contributed by atoms with Crippen molar-refractivity contribution in [2.45, 2.75) is 45.6 Å². The van der Waals surface area contributed by atoms with Crippen molar-refractivity contribution in [3.8, 4) is 0 Å². The number of likely N-dealkylation sites (tertiary alicyclic amines) is 1. The molecule has 4 nitrogen and oxygen atoms in total. The van der Waals surface area contributed by atoms with Crippen LogP contribution in [0.2, 0.25) is 5.02 Å². The lowest BCUT2D eigenvalue weighted by Gasteiger charge is -2.17. The molecular weight excluding hydrogens is 322 g/mol. The van der Waals surface area contributed by atoms with Gasteiger partial charge in [-0.25, -0.2) is 0 Å². The van der Waals surface area contributed by atoms with Crippen molar-refractivity contribution >= 4 is 17.5 Å². The van der Waals surface area contributed by atoms with Crippen LogP contribution in [0.15, 0.2) is 30.3 Å². The molecule has 2 aromatic rings. The van der Waals surface area contributed by atoms with E-state index < -0.39 is 0 Å². The Balaban J connectivity index is 1.79. The summed E-state index contributed by atoms with van der Waals surface area (Å²) < 4.78 is 1.82. The summed E-state index contributed by atoms with van der Waals surface area (Å²) in [5.41, 5.74) is 2.81. The van der Waals surface area contributed by atoms with E-state index in [1.165, 1.54) is 0 Å². The molecule has 0 N–H and O–H groups in total. The summed E-state index contributed by atoms with van der Waals surface area (Å²) in [4.78, 5) is 14.9. The van der Waals surface area contributed by atoms with Gasteiger partial charge in [0.2, 0.25) is 0 Å². The number of nitrogens with zero attached hydrogens (tertiary/aromatic N) is 3. The highest BCUT2D eigenvalue weighted by Gasteiger charge is 2.30. The summed E-state index contributed by atoms with van der Waals surface area (Å²) in [6.07, 6.45) is 0.951.